The highest BCUT2D eigenvalue weighted by atomic mass is 35.5. The Morgan fingerprint density at radius 2 is 2.15 bits per heavy atom. The largest absolute Gasteiger partial charge is 0.497 e. The van der Waals surface area contributed by atoms with Crippen LogP contribution in [0, 0.1) is 5.41 Å². The molecule has 3 heterocycles. The number of rotatable bonds is 11. The van der Waals surface area contributed by atoms with Gasteiger partial charge in [-0.25, -0.2) is 0 Å². The van der Waals surface area contributed by atoms with Crippen LogP contribution in [0.3, 0.4) is 0 Å². The highest BCUT2D eigenvalue weighted by Gasteiger charge is 2.36. The summed E-state index contributed by atoms with van der Waals surface area (Å²) in [4.78, 5) is 20.0. The number of fused-ring (bicyclic) bond motifs is 1. The maximum atomic E-state index is 11.7. The average Bonchev–Trinajstić information content (AvgIpc) is 3.35. The summed E-state index contributed by atoms with van der Waals surface area (Å²) >= 11 is 10.2. The molecule has 5 nitrogen and oxygen atoms in total. The number of thiophene rings is 1. The number of pyridine rings is 1. The van der Waals surface area contributed by atoms with Crippen molar-refractivity contribution in [2.75, 3.05) is 32.5 Å². The lowest BCUT2D eigenvalue weighted by atomic mass is 9.72. The lowest BCUT2D eigenvalue weighted by molar-refractivity contribution is -0.140. The van der Waals surface area contributed by atoms with Crippen LogP contribution in [0.5, 0.6) is 5.75 Å². The van der Waals surface area contributed by atoms with Gasteiger partial charge in [0.25, 0.3) is 0 Å². The number of hydrogen-bond donors (Lipinski definition) is 1. The number of thioether (sulfide) groups is 1. The molecule has 0 spiro atoms. The van der Waals surface area contributed by atoms with E-state index >= 15 is 0 Å². The SMILES string of the molecule is COc1ccc2ncc(Cl)c(CCCC3(CC(=O)O)CCN(CCSc4ccsc4)CC3)c2c1. The van der Waals surface area contributed by atoms with Crippen LogP contribution in [0.25, 0.3) is 10.9 Å². The quantitative estimate of drug-likeness (QED) is 0.287. The van der Waals surface area contributed by atoms with E-state index < -0.39 is 5.97 Å². The van der Waals surface area contributed by atoms with E-state index in [-0.39, 0.29) is 11.8 Å². The van der Waals surface area contributed by atoms with Gasteiger partial charge in [0.2, 0.25) is 0 Å². The van der Waals surface area contributed by atoms with E-state index in [1.54, 1.807) is 24.6 Å². The molecule has 0 bridgehead atoms. The van der Waals surface area contributed by atoms with Gasteiger partial charge >= 0.3 is 5.97 Å². The summed E-state index contributed by atoms with van der Waals surface area (Å²) in [5, 5.41) is 15.6. The van der Waals surface area contributed by atoms with E-state index in [4.69, 9.17) is 16.3 Å². The molecule has 1 aromatic carbocycles. The van der Waals surface area contributed by atoms with Crippen molar-refractivity contribution in [1.82, 2.24) is 9.88 Å². The van der Waals surface area contributed by atoms with E-state index in [1.165, 1.54) is 4.90 Å². The number of methoxy groups -OCH3 is 1. The molecular weight excluding hydrogens is 488 g/mol. The first-order valence-electron chi connectivity index (χ1n) is 11.7. The summed E-state index contributed by atoms with van der Waals surface area (Å²) in [5.41, 5.74) is 1.82. The van der Waals surface area contributed by atoms with Crippen molar-refractivity contribution in [3.8, 4) is 5.75 Å². The third-order valence-corrected chi connectivity index (χ3v) is 9.01. The molecule has 3 aromatic rings. The molecule has 1 aliphatic rings. The number of aryl methyl sites for hydroxylation is 1. The molecule has 0 unspecified atom stereocenters. The summed E-state index contributed by atoms with van der Waals surface area (Å²) in [6.45, 7) is 2.98. The Morgan fingerprint density at radius 1 is 1.32 bits per heavy atom. The molecule has 0 aliphatic carbocycles. The topological polar surface area (TPSA) is 62.7 Å². The monoisotopic (exact) mass is 518 g/mol. The summed E-state index contributed by atoms with van der Waals surface area (Å²) in [6, 6.07) is 8.01. The molecule has 34 heavy (non-hydrogen) atoms. The van der Waals surface area contributed by atoms with Gasteiger partial charge in [0.1, 0.15) is 5.75 Å². The van der Waals surface area contributed by atoms with Gasteiger partial charge in [-0.05, 0) is 85.8 Å². The van der Waals surface area contributed by atoms with Crippen molar-refractivity contribution >= 4 is 51.6 Å². The molecule has 1 saturated heterocycles. The standard InChI is InChI=1S/C26H31ClN2O3S2/c1-32-19-4-5-24-22(15-19)21(23(27)17-28-24)3-2-7-26(16-25(30)31)8-10-29(11-9-26)12-14-34-20-6-13-33-18-20/h4-6,13,15,17-18H,2-3,7-12,14,16H2,1H3,(H,30,31). The van der Waals surface area contributed by atoms with Gasteiger partial charge in [-0.2, -0.15) is 11.3 Å². The fourth-order valence-electron chi connectivity index (χ4n) is 4.94. The molecule has 182 valence electrons. The zero-order valence-corrected chi connectivity index (χ0v) is 21.9. The molecule has 2 aromatic heterocycles. The number of hydrogen-bond acceptors (Lipinski definition) is 6. The molecule has 0 atom stereocenters. The summed E-state index contributed by atoms with van der Waals surface area (Å²) in [5.74, 6) is 1.16. The molecule has 8 heteroatoms. The smallest absolute Gasteiger partial charge is 0.303 e. The van der Waals surface area contributed by atoms with E-state index in [0.29, 0.717) is 5.02 Å². The summed E-state index contributed by atoms with van der Waals surface area (Å²) in [6.07, 6.45) is 6.40. The van der Waals surface area contributed by atoms with Crippen LogP contribution >= 0.6 is 34.7 Å². The van der Waals surface area contributed by atoms with Crippen LogP contribution in [0.1, 0.15) is 37.7 Å². The minimum Gasteiger partial charge on any atom is -0.497 e. The van der Waals surface area contributed by atoms with E-state index in [0.717, 1.165) is 79.7 Å². The Labute approximate surface area is 214 Å². The van der Waals surface area contributed by atoms with Gasteiger partial charge in [0.05, 0.1) is 24.1 Å². The maximum Gasteiger partial charge on any atom is 0.303 e. The number of carbonyl (C=O) groups is 1. The van der Waals surface area contributed by atoms with Crippen molar-refractivity contribution in [3.05, 3.63) is 51.8 Å². The number of aromatic nitrogens is 1. The normalized spacial score (nSPS) is 16.1. The molecule has 1 N–H and O–H groups in total. The van der Waals surface area contributed by atoms with E-state index in [1.807, 2.05) is 30.0 Å². The van der Waals surface area contributed by atoms with E-state index in [9.17, 15) is 9.90 Å². The Bertz CT molecular complexity index is 1100. The second kappa shape index (κ2) is 11.8. The van der Waals surface area contributed by atoms with E-state index in [2.05, 4.69) is 26.7 Å². The Morgan fingerprint density at radius 3 is 2.85 bits per heavy atom. The van der Waals surface area contributed by atoms with Gasteiger partial charge in [0, 0.05) is 34.2 Å². The van der Waals surface area contributed by atoms with Gasteiger partial charge in [-0.1, -0.05) is 11.6 Å². The Kier molecular flexibility index (Phi) is 8.75. The predicted molar refractivity (Wildman–Crippen MR) is 142 cm³/mol. The van der Waals surface area contributed by atoms with Crippen molar-refractivity contribution in [3.63, 3.8) is 0 Å². The average molecular weight is 519 g/mol. The number of halogens is 1. The zero-order valence-electron chi connectivity index (χ0n) is 19.5. The number of piperidine rings is 1. The second-order valence-electron chi connectivity index (χ2n) is 9.04. The highest BCUT2D eigenvalue weighted by Crippen LogP contribution is 2.41. The van der Waals surface area contributed by atoms with Crippen molar-refractivity contribution in [2.45, 2.75) is 43.4 Å². The second-order valence-corrected chi connectivity index (χ2v) is 11.4. The van der Waals surface area contributed by atoms with Gasteiger partial charge in [0.15, 0.2) is 0 Å². The fraction of sp³-hybridized carbons (Fsp3) is 0.462. The molecule has 0 saturated carbocycles. The van der Waals surface area contributed by atoms with Crippen LogP contribution in [0.15, 0.2) is 46.1 Å². The van der Waals surface area contributed by atoms with Crippen LogP contribution in [-0.4, -0.2) is 53.5 Å². The summed E-state index contributed by atoms with van der Waals surface area (Å²) < 4.78 is 5.39. The van der Waals surface area contributed by atoms with Crippen LogP contribution in [0.2, 0.25) is 5.02 Å². The Balaban J connectivity index is 1.36. The number of aliphatic carboxylic acids is 1. The first kappa shape index (κ1) is 25.3. The first-order chi connectivity index (χ1) is 16.5. The van der Waals surface area contributed by atoms with Gasteiger partial charge in [-0.3, -0.25) is 9.78 Å². The number of carboxylic acid groups (broad SMARTS) is 1. The number of ether oxygens (including phenoxy) is 1. The fourth-order valence-corrected chi connectivity index (χ4v) is 6.97. The van der Waals surface area contributed by atoms with Crippen molar-refractivity contribution in [2.24, 2.45) is 5.41 Å². The van der Waals surface area contributed by atoms with Crippen molar-refractivity contribution in [1.29, 1.82) is 0 Å². The minimum atomic E-state index is -0.696. The van der Waals surface area contributed by atoms with Gasteiger partial charge in [-0.15, -0.1) is 11.8 Å². The number of nitrogens with zero attached hydrogens (tertiary/aromatic N) is 2. The lowest BCUT2D eigenvalue weighted by Gasteiger charge is -2.41. The molecule has 4 rings (SSSR count). The third-order valence-electron chi connectivity index (χ3n) is 6.88. The molecule has 1 aliphatic heterocycles. The highest BCUT2D eigenvalue weighted by molar-refractivity contribution is 7.99. The number of likely N-dealkylation sites (tertiary alicyclic amines) is 1. The molecule has 0 radical (unpaired) electrons. The first-order valence-corrected chi connectivity index (χ1v) is 14.0. The molecule has 1 fully saturated rings. The summed E-state index contributed by atoms with van der Waals surface area (Å²) in [7, 11) is 1.65. The van der Waals surface area contributed by atoms with Gasteiger partial charge < -0.3 is 14.7 Å². The van der Waals surface area contributed by atoms with Crippen LogP contribution < -0.4 is 4.74 Å². The van der Waals surface area contributed by atoms with Crippen LogP contribution in [-0.2, 0) is 11.2 Å². The number of benzene rings is 1. The molecule has 0 amide bonds. The van der Waals surface area contributed by atoms with Crippen molar-refractivity contribution < 1.29 is 14.6 Å². The minimum absolute atomic E-state index is 0.143. The van der Waals surface area contributed by atoms with Crippen LogP contribution in [0.4, 0.5) is 0 Å². The lowest BCUT2D eigenvalue weighted by Crippen LogP contribution is -2.42. The predicted octanol–water partition coefficient (Wildman–Crippen LogP) is 6.63. The Hall–Kier alpha value is -1.80. The molecular formula is C26H31ClN2O3S2. The number of carboxylic acids is 1. The zero-order chi connectivity index (χ0) is 24.0. The third kappa shape index (κ3) is 6.45. The maximum absolute atomic E-state index is 11.7.